The van der Waals surface area contributed by atoms with Gasteiger partial charge in [0, 0.05) is 0 Å². The maximum Gasteiger partial charge on any atom is 0.186 e. The average molecular weight is 743 g/mol. The van der Waals surface area contributed by atoms with Crippen LogP contribution in [0.2, 0.25) is 0 Å². The molecule has 9 nitrogen and oxygen atoms in total. The van der Waals surface area contributed by atoms with E-state index in [1.165, 1.54) is 116 Å². The molecule has 9 heteroatoms. The molecule has 1 unspecified atom stereocenters. The van der Waals surface area contributed by atoms with Crippen LogP contribution in [0.5, 0.6) is 0 Å². The summed E-state index contributed by atoms with van der Waals surface area (Å²) in [4.78, 5) is 13.4. The van der Waals surface area contributed by atoms with Crippen molar-refractivity contribution >= 4 is 5.78 Å². The Morgan fingerprint density at radius 3 is 1.65 bits per heavy atom. The van der Waals surface area contributed by atoms with Gasteiger partial charge >= 0.3 is 0 Å². The summed E-state index contributed by atoms with van der Waals surface area (Å²) < 4.78 is 11.1. The van der Waals surface area contributed by atoms with Gasteiger partial charge in [-0.3, -0.25) is 4.79 Å². The Balaban J connectivity index is 2.39. The number of ketones is 1. The van der Waals surface area contributed by atoms with Gasteiger partial charge in [-0.25, -0.2) is 0 Å². The number of carbonyl (C=O) groups is 1. The second kappa shape index (κ2) is 32.3. The van der Waals surface area contributed by atoms with E-state index in [0.717, 1.165) is 44.4 Å². The van der Waals surface area contributed by atoms with Crippen molar-refractivity contribution in [2.24, 2.45) is 11.8 Å². The molecule has 0 bridgehead atoms. The average Bonchev–Trinajstić information content (AvgIpc) is 3.14. The first kappa shape index (κ1) is 49.1. The molecular formula is C43H82O9. The molecule has 1 saturated heterocycles. The molecule has 1 rings (SSSR count). The zero-order valence-corrected chi connectivity index (χ0v) is 33.6. The van der Waals surface area contributed by atoms with Crippen molar-refractivity contribution in [1.29, 1.82) is 0 Å². The predicted octanol–water partition coefficient (Wildman–Crippen LogP) is 8.08. The third kappa shape index (κ3) is 22.5. The lowest BCUT2D eigenvalue weighted by molar-refractivity contribution is -0.303. The van der Waals surface area contributed by atoms with E-state index in [2.05, 4.69) is 20.8 Å². The number of rotatable bonds is 35. The fourth-order valence-electron chi connectivity index (χ4n) is 7.06. The summed E-state index contributed by atoms with van der Waals surface area (Å²) in [7, 11) is 0. The van der Waals surface area contributed by atoms with Crippen LogP contribution in [-0.4, -0.2) is 92.5 Å². The molecule has 1 aliphatic rings. The number of aliphatic hydroxyl groups excluding tert-OH is 6. The lowest BCUT2D eigenvalue weighted by Gasteiger charge is -2.40. The van der Waals surface area contributed by atoms with Gasteiger partial charge in [-0.15, -0.1) is 0 Å². The van der Waals surface area contributed by atoms with E-state index in [0.29, 0.717) is 12.8 Å². The first-order valence-electron chi connectivity index (χ1n) is 21.7. The van der Waals surface area contributed by atoms with Crippen molar-refractivity contribution in [2.45, 2.75) is 231 Å². The van der Waals surface area contributed by atoms with Crippen molar-refractivity contribution in [3.63, 3.8) is 0 Å². The molecule has 0 aromatic rings. The summed E-state index contributed by atoms with van der Waals surface area (Å²) in [5.41, 5.74) is 0. The minimum Gasteiger partial charge on any atom is -0.394 e. The summed E-state index contributed by atoms with van der Waals surface area (Å²) in [6, 6.07) is 0. The molecule has 0 aromatic heterocycles. The zero-order chi connectivity index (χ0) is 38.4. The number of carbonyl (C=O) groups excluding carboxylic acids is 1. The second-order valence-corrected chi connectivity index (χ2v) is 15.8. The molecule has 0 saturated carbocycles. The summed E-state index contributed by atoms with van der Waals surface area (Å²) in [6.45, 7) is 5.86. The largest absolute Gasteiger partial charge is 0.394 e. The van der Waals surface area contributed by atoms with Gasteiger partial charge in [0.15, 0.2) is 12.1 Å². The van der Waals surface area contributed by atoms with Crippen LogP contribution < -0.4 is 0 Å². The van der Waals surface area contributed by atoms with Crippen molar-refractivity contribution in [1.82, 2.24) is 0 Å². The highest BCUT2D eigenvalue weighted by molar-refractivity contribution is 5.86. The van der Waals surface area contributed by atoms with Gasteiger partial charge in [-0.2, -0.15) is 0 Å². The Morgan fingerprint density at radius 2 is 1.15 bits per heavy atom. The fourth-order valence-corrected chi connectivity index (χ4v) is 7.06. The first-order chi connectivity index (χ1) is 25.2. The van der Waals surface area contributed by atoms with Crippen LogP contribution in [0.3, 0.4) is 0 Å². The van der Waals surface area contributed by atoms with Gasteiger partial charge in [0.2, 0.25) is 0 Å². The Morgan fingerprint density at radius 1 is 0.673 bits per heavy atom. The number of hydrogen-bond acceptors (Lipinski definition) is 9. The van der Waals surface area contributed by atoms with Gasteiger partial charge in [0.05, 0.1) is 25.2 Å². The maximum absolute atomic E-state index is 13.4. The highest BCUT2D eigenvalue weighted by Gasteiger charge is 2.44. The van der Waals surface area contributed by atoms with E-state index < -0.39 is 61.2 Å². The van der Waals surface area contributed by atoms with Crippen LogP contribution >= 0.6 is 0 Å². The van der Waals surface area contributed by atoms with Crippen LogP contribution in [0.25, 0.3) is 0 Å². The molecule has 0 aromatic carbocycles. The highest BCUT2D eigenvalue weighted by atomic mass is 16.7. The molecule has 6 N–H and O–H groups in total. The van der Waals surface area contributed by atoms with Gasteiger partial charge in [0.1, 0.15) is 30.5 Å². The summed E-state index contributed by atoms with van der Waals surface area (Å²) in [5.74, 6) is -0.781. The van der Waals surface area contributed by atoms with Crippen LogP contribution in [0.4, 0.5) is 0 Å². The fraction of sp³-hybridized carbons (Fsp3) is 0.930. The molecule has 308 valence electrons. The number of aliphatic hydroxyl groups is 6. The quantitative estimate of drug-likeness (QED) is 0.0279. The normalized spacial score (nSPS) is 23.2. The number of ether oxygens (including phenoxy) is 2. The third-order valence-corrected chi connectivity index (χ3v) is 11.1. The monoisotopic (exact) mass is 743 g/mol. The lowest BCUT2D eigenvalue weighted by Crippen LogP contribution is -2.59. The SMILES string of the molecule is CCCCCCCCC/C=C/[C@@H](O)[C@H](CO[C@@H]1O[C@H](CO)[C@H](O)[C@H](O)[C@H]1O)C(=O)[C@H](O)CCCCCCCCCCCCCCCCCC(C)CC. The molecule has 0 spiro atoms. The highest BCUT2D eigenvalue weighted by Crippen LogP contribution is 2.24. The molecule has 0 amide bonds. The molecule has 0 aliphatic carbocycles. The topological polar surface area (TPSA) is 157 Å². The molecule has 9 atom stereocenters. The van der Waals surface area contributed by atoms with Crippen molar-refractivity contribution in [3.05, 3.63) is 12.2 Å². The Bertz CT molecular complexity index is 852. The van der Waals surface area contributed by atoms with Crippen LogP contribution in [0, 0.1) is 11.8 Å². The van der Waals surface area contributed by atoms with Crippen molar-refractivity contribution in [3.8, 4) is 0 Å². The molecule has 1 fully saturated rings. The van der Waals surface area contributed by atoms with Crippen molar-refractivity contribution < 1.29 is 44.9 Å². The van der Waals surface area contributed by atoms with Crippen LogP contribution in [-0.2, 0) is 14.3 Å². The zero-order valence-electron chi connectivity index (χ0n) is 33.6. The number of hydrogen-bond donors (Lipinski definition) is 6. The van der Waals surface area contributed by atoms with Crippen LogP contribution in [0.1, 0.15) is 188 Å². The van der Waals surface area contributed by atoms with E-state index >= 15 is 0 Å². The minimum absolute atomic E-state index is 0.293. The third-order valence-electron chi connectivity index (χ3n) is 11.1. The first-order valence-corrected chi connectivity index (χ1v) is 21.7. The minimum atomic E-state index is -1.62. The van der Waals surface area contributed by atoms with Gasteiger partial charge in [-0.05, 0) is 25.2 Å². The molecule has 52 heavy (non-hydrogen) atoms. The molecule has 1 aliphatic heterocycles. The number of Topliss-reactive ketones (excluding diaryl/α,β-unsaturated/α-hetero) is 1. The van der Waals surface area contributed by atoms with Gasteiger partial charge in [-0.1, -0.05) is 181 Å². The Labute approximate surface area is 318 Å². The van der Waals surface area contributed by atoms with Gasteiger partial charge < -0.3 is 40.1 Å². The molecule has 1 heterocycles. The van der Waals surface area contributed by atoms with E-state index in [9.17, 15) is 35.4 Å². The summed E-state index contributed by atoms with van der Waals surface area (Å²) in [6.07, 6.45) is 24.1. The van der Waals surface area contributed by atoms with E-state index in [4.69, 9.17) is 9.47 Å². The van der Waals surface area contributed by atoms with E-state index in [-0.39, 0.29) is 6.61 Å². The summed E-state index contributed by atoms with van der Waals surface area (Å²) in [5, 5.41) is 62.0. The second-order valence-electron chi connectivity index (χ2n) is 15.8. The smallest absolute Gasteiger partial charge is 0.186 e. The molecule has 0 radical (unpaired) electrons. The Kier molecular flexibility index (Phi) is 30.5. The number of unbranched alkanes of at least 4 members (excludes halogenated alkanes) is 21. The predicted molar refractivity (Wildman–Crippen MR) is 210 cm³/mol. The van der Waals surface area contributed by atoms with Gasteiger partial charge in [0.25, 0.3) is 0 Å². The Hall–Kier alpha value is -0.910. The molecular weight excluding hydrogens is 660 g/mol. The lowest BCUT2D eigenvalue weighted by atomic mass is 9.91. The number of allylic oxidation sites excluding steroid dienone is 1. The van der Waals surface area contributed by atoms with E-state index in [1.807, 2.05) is 6.08 Å². The summed E-state index contributed by atoms with van der Waals surface area (Å²) >= 11 is 0. The maximum atomic E-state index is 13.4. The van der Waals surface area contributed by atoms with E-state index in [1.54, 1.807) is 6.08 Å². The van der Waals surface area contributed by atoms with Crippen molar-refractivity contribution in [2.75, 3.05) is 13.2 Å². The van der Waals surface area contributed by atoms with Crippen LogP contribution in [0.15, 0.2) is 12.2 Å². The standard InChI is InChI=1S/C43H82O9/c1-4-6-7-8-9-17-21-24-27-30-36(45)35(33-51-43-42(50)41(49)40(48)38(32-44)52-43)39(47)37(46)31-28-25-22-19-16-14-12-10-11-13-15-18-20-23-26-29-34(3)5-2/h27,30,34-38,40-46,48-50H,4-26,28-29,31-33H2,1-3H3/b30-27+/t34?,35-,36+,37+,38+,40-,41-,42+,43+/m0/s1.